The number of phenols is 2. The van der Waals surface area contributed by atoms with Gasteiger partial charge >= 0.3 is 0 Å². The average molecular weight is 400 g/mol. The highest BCUT2D eigenvalue weighted by Crippen LogP contribution is 2.56. The second-order valence-corrected chi connectivity index (χ2v) is 8.82. The summed E-state index contributed by atoms with van der Waals surface area (Å²) in [7, 11) is 0. The molecule has 1 saturated carbocycles. The summed E-state index contributed by atoms with van der Waals surface area (Å²) in [6.45, 7) is 2.25. The highest BCUT2D eigenvalue weighted by molar-refractivity contribution is 5.85. The molecule has 2 aromatic rings. The van der Waals surface area contributed by atoms with Crippen molar-refractivity contribution in [3.05, 3.63) is 59.2 Å². The molecule has 2 aliphatic carbocycles. The lowest BCUT2D eigenvalue weighted by molar-refractivity contribution is -0.0106. The van der Waals surface area contributed by atoms with Crippen LogP contribution < -0.4 is 0 Å². The number of fused-ring (bicyclic) bond motifs is 1. The molecule has 5 rings (SSSR count). The first-order chi connectivity index (χ1) is 13.2. The number of nitrogens with zero attached hydrogens (tertiary/aromatic N) is 1. The quantitative estimate of drug-likeness (QED) is 0.777. The van der Waals surface area contributed by atoms with Crippen LogP contribution in [0.4, 0.5) is 0 Å². The van der Waals surface area contributed by atoms with E-state index in [2.05, 4.69) is 17.0 Å². The van der Waals surface area contributed by atoms with E-state index in [1.54, 1.807) is 12.1 Å². The smallest absolute Gasteiger partial charge is 0.115 e. The SMILES string of the molecule is Cl.Oc1ccc(CCN2CC[C@]34CCCC[C@H]3[C@@H]2Cc2ccc(O)cc24)cc1. The van der Waals surface area contributed by atoms with Gasteiger partial charge in [0.1, 0.15) is 11.5 Å². The fraction of sp³-hybridized carbons (Fsp3) is 0.500. The predicted octanol–water partition coefficient (Wildman–Crippen LogP) is 4.82. The predicted molar refractivity (Wildman–Crippen MR) is 114 cm³/mol. The van der Waals surface area contributed by atoms with Crippen LogP contribution in [-0.2, 0) is 18.3 Å². The van der Waals surface area contributed by atoms with Gasteiger partial charge in [-0.1, -0.05) is 31.0 Å². The van der Waals surface area contributed by atoms with Gasteiger partial charge in [0, 0.05) is 18.0 Å². The molecule has 2 bridgehead atoms. The summed E-state index contributed by atoms with van der Waals surface area (Å²) in [6.07, 6.45) is 8.68. The summed E-state index contributed by atoms with van der Waals surface area (Å²) in [5.74, 6) is 1.51. The summed E-state index contributed by atoms with van der Waals surface area (Å²) < 4.78 is 0. The van der Waals surface area contributed by atoms with E-state index in [0.717, 1.165) is 31.8 Å². The molecule has 1 aliphatic heterocycles. The van der Waals surface area contributed by atoms with Crippen molar-refractivity contribution in [2.75, 3.05) is 13.1 Å². The zero-order chi connectivity index (χ0) is 18.4. The fourth-order valence-corrected chi connectivity index (χ4v) is 6.29. The molecular formula is C24H30ClNO2. The van der Waals surface area contributed by atoms with Crippen molar-refractivity contribution in [1.29, 1.82) is 0 Å². The van der Waals surface area contributed by atoms with Gasteiger partial charge in [-0.3, -0.25) is 4.90 Å². The molecular weight excluding hydrogens is 370 g/mol. The minimum atomic E-state index is 0. The van der Waals surface area contributed by atoms with Crippen LogP contribution in [0, 0.1) is 5.92 Å². The van der Waals surface area contributed by atoms with Crippen molar-refractivity contribution in [2.45, 2.75) is 56.4 Å². The number of likely N-dealkylation sites (tertiary alicyclic amines) is 1. The highest BCUT2D eigenvalue weighted by Gasteiger charge is 2.53. The van der Waals surface area contributed by atoms with E-state index in [1.807, 2.05) is 18.2 Å². The molecule has 3 atom stereocenters. The standard InChI is InChI=1S/C24H29NO2.ClH/c26-19-7-4-17(5-8-19)10-13-25-14-12-24-11-2-1-3-21(24)23(25)15-18-6-9-20(27)16-22(18)24;/h4-9,16,21,23,26-27H,1-3,10-15H2;1H/t21-,23-,24+;/m0./s1. The van der Waals surface area contributed by atoms with E-state index in [9.17, 15) is 10.2 Å². The number of piperidine rings is 1. The van der Waals surface area contributed by atoms with Gasteiger partial charge in [0.05, 0.1) is 0 Å². The minimum absolute atomic E-state index is 0. The molecule has 0 radical (unpaired) electrons. The van der Waals surface area contributed by atoms with Gasteiger partial charge < -0.3 is 10.2 Å². The van der Waals surface area contributed by atoms with Gasteiger partial charge in [0.15, 0.2) is 0 Å². The molecule has 4 heteroatoms. The molecule has 28 heavy (non-hydrogen) atoms. The number of rotatable bonds is 3. The Morgan fingerprint density at radius 1 is 0.964 bits per heavy atom. The Labute approximate surface area is 173 Å². The Morgan fingerprint density at radius 3 is 2.57 bits per heavy atom. The lowest BCUT2D eigenvalue weighted by atomic mass is 9.52. The summed E-state index contributed by atoms with van der Waals surface area (Å²) in [5, 5.41) is 19.6. The topological polar surface area (TPSA) is 43.7 Å². The van der Waals surface area contributed by atoms with Gasteiger partial charge in [-0.2, -0.15) is 0 Å². The summed E-state index contributed by atoms with van der Waals surface area (Å²) in [4.78, 5) is 2.73. The van der Waals surface area contributed by atoms with Crippen LogP contribution >= 0.6 is 12.4 Å². The summed E-state index contributed by atoms with van der Waals surface area (Å²) in [5.41, 5.74) is 4.52. The third-order valence-electron chi connectivity index (χ3n) is 7.56. The lowest BCUT2D eigenvalue weighted by Crippen LogP contribution is -2.61. The van der Waals surface area contributed by atoms with Crippen molar-refractivity contribution in [2.24, 2.45) is 5.92 Å². The monoisotopic (exact) mass is 399 g/mol. The molecule has 0 aromatic heterocycles. The molecule has 2 fully saturated rings. The molecule has 0 spiro atoms. The van der Waals surface area contributed by atoms with Crippen LogP contribution in [0.3, 0.4) is 0 Å². The van der Waals surface area contributed by atoms with Gasteiger partial charge in [0.2, 0.25) is 0 Å². The number of hydrogen-bond acceptors (Lipinski definition) is 3. The van der Waals surface area contributed by atoms with Crippen LogP contribution in [0.2, 0.25) is 0 Å². The summed E-state index contributed by atoms with van der Waals surface area (Å²) >= 11 is 0. The largest absolute Gasteiger partial charge is 0.508 e. The first-order valence-corrected chi connectivity index (χ1v) is 10.5. The maximum absolute atomic E-state index is 10.1. The van der Waals surface area contributed by atoms with Crippen LogP contribution in [0.15, 0.2) is 42.5 Å². The second-order valence-electron chi connectivity index (χ2n) is 8.82. The van der Waals surface area contributed by atoms with E-state index < -0.39 is 0 Å². The second kappa shape index (κ2) is 7.61. The molecule has 2 N–H and O–H groups in total. The molecule has 0 amide bonds. The molecule has 1 saturated heterocycles. The minimum Gasteiger partial charge on any atom is -0.508 e. The average Bonchev–Trinajstić information content (AvgIpc) is 2.69. The molecule has 0 unspecified atom stereocenters. The number of aromatic hydroxyl groups is 2. The third-order valence-corrected chi connectivity index (χ3v) is 7.56. The molecule has 150 valence electrons. The molecule has 3 nitrogen and oxygen atoms in total. The van der Waals surface area contributed by atoms with Crippen molar-refractivity contribution in [3.63, 3.8) is 0 Å². The van der Waals surface area contributed by atoms with E-state index in [1.165, 1.54) is 48.8 Å². The van der Waals surface area contributed by atoms with Gasteiger partial charge in [-0.05, 0) is 85.5 Å². The normalized spacial score (nSPS) is 28.7. The van der Waals surface area contributed by atoms with Crippen molar-refractivity contribution < 1.29 is 10.2 Å². The van der Waals surface area contributed by atoms with E-state index in [-0.39, 0.29) is 12.4 Å². The summed E-state index contributed by atoms with van der Waals surface area (Å²) in [6, 6.07) is 14.4. The molecule has 3 aliphatic rings. The number of benzene rings is 2. The number of hydrogen-bond donors (Lipinski definition) is 2. The Hall–Kier alpha value is -1.71. The van der Waals surface area contributed by atoms with Crippen molar-refractivity contribution in [3.8, 4) is 11.5 Å². The Morgan fingerprint density at radius 2 is 1.75 bits per heavy atom. The fourth-order valence-electron chi connectivity index (χ4n) is 6.29. The first kappa shape index (κ1) is 19.6. The molecule has 1 heterocycles. The van der Waals surface area contributed by atoms with E-state index >= 15 is 0 Å². The number of halogens is 1. The van der Waals surface area contributed by atoms with Crippen LogP contribution in [0.25, 0.3) is 0 Å². The van der Waals surface area contributed by atoms with E-state index in [0.29, 0.717) is 23.0 Å². The Balaban J connectivity index is 0.00000192. The maximum Gasteiger partial charge on any atom is 0.115 e. The van der Waals surface area contributed by atoms with Gasteiger partial charge in [-0.25, -0.2) is 0 Å². The van der Waals surface area contributed by atoms with Crippen LogP contribution in [0.1, 0.15) is 48.8 Å². The molecule has 2 aromatic carbocycles. The zero-order valence-corrected chi connectivity index (χ0v) is 17.1. The van der Waals surface area contributed by atoms with Gasteiger partial charge in [0.25, 0.3) is 0 Å². The van der Waals surface area contributed by atoms with Crippen LogP contribution in [-0.4, -0.2) is 34.2 Å². The number of phenolic OH excluding ortho intramolecular Hbond substituents is 2. The van der Waals surface area contributed by atoms with Crippen molar-refractivity contribution >= 4 is 12.4 Å². The van der Waals surface area contributed by atoms with Crippen LogP contribution in [0.5, 0.6) is 11.5 Å². The Kier molecular flexibility index (Phi) is 5.32. The van der Waals surface area contributed by atoms with E-state index in [4.69, 9.17) is 0 Å². The third kappa shape index (κ3) is 3.19. The zero-order valence-electron chi connectivity index (χ0n) is 16.3. The highest BCUT2D eigenvalue weighted by atomic mass is 35.5. The van der Waals surface area contributed by atoms with Crippen molar-refractivity contribution in [1.82, 2.24) is 4.90 Å². The maximum atomic E-state index is 10.1. The lowest BCUT2D eigenvalue weighted by Gasteiger charge is -2.59. The van der Waals surface area contributed by atoms with Gasteiger partial charge in [-0.15, -0.1) is 12.4 Å². The Bertz CT molecular complexity index is 837. The first-order valence-electron chi connectivity index (χ1n) is 10.5.